The van der Waals surface area contributed by atoms with Gasteiger partial charge in [0.15, 0.2) is 11.5 Å². The molecule has 0 saturated heterocycles. The van der Waals surface area contributed by atoms with E-state index in [2.05, 4.69) is 6.58 Å². The molecular weight excluding hydrogens is 264 g/mol. The van der Waals surface area contributed by atoms with Gasteiger partial charge in [-0.2, -0.15) is 0 Å². The zero-order valence-electron chi connectivity index (χ0n) is 12.5. The van der Waals surface area contributed by atoms with E-state index in [4.69, 9.17) is 0 Å². The standard InChI is InChI=1S/C18H20O3/c1-4-10-8-13-12(9-14(10)19)11-6-5-7-18(2,3)15(11)17(21)16(13)20/h4,9-10,20H,1,5-8H2,2-3H3/t10-/m1/s1. The summed E-state index contributed by atoms with van der Waals surface area (Å²) in [7, 11) is 0. The van der Waals surface area contributed by atoms with E-state index in [1.165, 1.54) is 0 Å². The van der Waals surface area contributed by atoms with Gasteiger partial charge in [0.05, 0.1) is 0 Å². The van der Waals surface area contributed by atoms with Crippen molar-refractivity contribution in [2.45, 2.75) is 39.5 Å². The first-order valence-corrected chi connectivity index (χ1v) is 7.46. The van der Waals surface area contributed by atoms with E-state index in [1.807, 2.05) is 13.8 Å². The van der Waals surface area contributed by atoms with Gasteiger partial charge in [-0.25, -0.2) is 0 Å². The van der Waals surface area contributed by atoms with Crippen molar-refractivity contribution in [1.29, 1.82) is 0 Å². The van der Waals surface area contributed by atoms with Crippen LogP contribution in [-0.4, -0.2) is 16.7 Å². The van der Waals surface area contributed by atoms with Gasteiger partial charge in [0, 0.05) is 17.1 Å². The molecule has 21 heavy (non-hydrogen) atoms. The lowest BCUT2D eigenvalue weighted by molar-refractivity contribution is -0.118. The van der Waals surface area contributed by atoms with E-state index in [9.17, 15) is 14.7 Å². The largest absolute Gasteiger partial charge is 0.504 e. The lowest BCUT2D eigenvalue weighted by Crippen LogP contribution is -2.33. The Hall–Kier alpha value is -1.90. The van der Waals surface area contributed by atoms with Crippen LogP contribution in [0.5, 0.6) is 0 Å². The number of carbonyl (C=O) groups excluding carboxylic acids is 2. The average Bonchev–Trinajstić information content (AvgIpc) is 2.43. The number of aliphatic hydroxyl groups excluding tert-OH is 1. The van der Waals surface area contributed by atoms with Crippen molar-refractivity contribution in [1.82, 2.24) is 0 Å². The number of allylic oxidation sites excluding steroid dienone is 6. The highest BCUT2D eigenvalue weighted by Gasteiger charge is 2.43. The van der Waals surface area contributed by atoms with Crippen molar-refractivity contribution in [2.75, 3.05) is 0 Å². The summed E-state index contributed by atoms with van der Waals surface area (Å²) in [5, 5.41) is 10.4. The number of hydrogen-bond donors (Lipinski definition) is 1. The predicted molar refractivity (Wildman–Crippen MR) is 80.7 cm³/mol. The SMILES string of the molecule is C=C[C@@H]1CC2=C(O)C(=O)C3=C(CCCC3(C)C)C2=CC1=O. The van der Waals surface area contributed by atoms with E-state index in [0.717, 1.165) is 30.4 Å². The van der Waals surface area contributed by atoms with Crippen molar-refractivity contribution in [3.8, 4) is 0 Å². The van der Waals surface area contributed by atoms with Crippen LogP contribution in [-0.2, 0) is 9.59 Å². The number of aliphatic hydroxyl groups is 1. The van der Waals surface area contributed by atoms with Gasteiger partial charge in [0.1, 0.15) is 0 Å². The molecule has 3 aliphatic carbocycles. The second-order valence-electron chi connectivity index (χ2n) is 6.75. The van der Waals surface area contributed by atoms with E-state index >= 15 is 0 Å². The minimum atomic E-state index is -0.336. The first kappa shape index (κ1) is 14.1. The van der Waals surface area contributed by atoms with E-state index in [1.54, 1.807) is 12.2 Å². The number of Topliss-reactive ketones (excluding diaryl/α,β-unsaturated/α-hetero) is 1. The third kappa shape index (κ3) is 1.95. The Morgan fingerprint density at radius 1 is 1.33 bits per heavy atom. The molecule has 0 spiro atoms. The van der Waals surface area contributed by atoms with Crippen molar-refractivity contribution >= 4 is 11.6 Å². The van der Waals surface area contributed by atoms with E-state index in [-0.39, 0.29) is 28.7 Å². The van der Waals surface area contributed by atoms with Crippen LogP contribution in [0.3, 0.4) is 0 Å². The van der Waals surface area contributed by atoms with E-state index < -0.39 is 0 Å². The highest BCUT2D eigenvalue weighted by atomic mass is 16.3. The summed E-state index contributed by atoms with van der Waals surface area (Å²) >= 11 is 0. The summed E-state index contributed by atoms with van der Waals surface area (Å²) in [5.74, 6) is -0.744. The number of hydrogen-bond acceptors (Lipinski definition) is 3. The van der Waals surface area contributed by atoms with Crippen LogP contribution in [0.2, 0.25) is 0 Å². The fraction of sp³-hybridized carbons (Fsp3) is 0.444. The molecule has 0 aromatic carbocycles. The molecule has 0 aliphatic heterocycles. The summed E-state index contributed by atoms with van der Waals surface area (Å²) in [6.07, 6.45) is 6.31. The molecule has 0 bridgehead atoms. The maximum atomic E-state index is 12.6. The summed E-state index contributed by atoms with van der Waals surface area (Å²) in [4.78, 5) is 24.7. The number of fused-ring (bicyclic) bond motifs is 2. The highest BCUT2D eigenvalue weighted by molar-refractivity contribution is 6.13. The third-order valence-electron chi connectivity index (χ3n) is 4.95. The molecule has 110 valence electrons. The number of carbonyl (C=O) groups is 2. The first-order chi connectivity index (χ1) is 9.86. The van der Waals surface area contributed by atoms with Crippen LogP contribution in [0.15, 0.2) is 46.8 Å². The van der Waals surface area contributed by atoms with Gasteiger partial charge >= 0.3 is 0 Å². The number of rotatable bonds is 1. The molecule has 1 atom stereocenters. The second kappa shape index (κ2) is 4.55. The normalized spacial score (nSPS) is 28.1. The Balaban J connectivity index is 2.22. The Bertz CT molecular complexity index is 656. The molecule has 0 aromatic heterocycles. The van der Waals surface area contributed by atoms with Crippen molar-refractivity contribution in [2.24, 2.45) is 11.3 Å². The maximum Gasteiger partial charge on any atom is 0.224 e. The van der Waals surface area contributed by atoms with Crippen LogP contribution in [0, 0.1) is 11.3 Å². The molecule has 3 aliphatic rings. The molecule has 0 amide bonds. The van der Waals surface area contributed by atoms with Crippen molar-refractivity contribution in [3.05, 3.63) is 46.8 Å². The second-order valence-corrected chi connectivity index (χ2v) is 6.75. The van der Waals surface area contributed by atoms with Crippen LogP contribution in [0.4, 0.5) is 0 Å². The molecule has 0 aromatic rings. The first-order valence-electron chi connectivity index (χ1n) is 7.46. The van der Waals surface area contributed by atoms with Gasteiger partial charge in [0.25, 0.3) is 0 Å². The fourth-order valence-corrected chi connectivity index (χ4v) is 3.79. The summed E-state index contributed by atoms with van der Waals surface area (Å²) < 4.78 is 0. The van der Waals surface area contributed by atoms with Gasteiger partial charge in [0.2, 0.25) is 5.78 Å². The van der Waals surface area contributed by atoms with Crippen LogP contribution < -0.4 is 0 Å². The lowest BCUT2D eigenvalue weighted by atomic mass is 9.64. The number of ketones is 2. The minimum absolute atomic E-state index is 0.0149. The fourth-order valence-electron chi connectivity index (χ4n) is 3.79. The van der Waals surface area contributed by atoms with Crippen molar-refractivity contribution in [3.63, 3.8) is 0 Å². The molecule has 3 nitrogen and oxygen atoms in total. The Morgan fingerprint density at radius 2 is 2.05 bits per heavy atom. The lowest BCUT2D eigenvalue weighted by Gasteiger charge is -2.39. The third-order valence-corrected chi connectivity index (χ3v) is 4.95. The molecule has 0 saturated carbocycles. The molecule has 1 N–H and O–H groups in total. The Morgan fingerprint density at radius 3 is 2.71 bits per heavy atom. The van der Waals surface area contributed by atoms with Gasteiger partial charge in [-0.3, -0.25) is 9.59 Å². The molecule has 0 heterocycles. The summed E-state index contributed by atoms with van der Waals surface area (Å²) in [6.45, 7) is 7.74. The van der Waals surface area contributed by atoms with Crippen LogP contribution >= 0.6 is 0 Å². The van der Waals surface area contributed by atoms with Gasteiger partial charge < -0.3 is 5.11 Å². The summed E-state index contributed by atoms with van der Waals surface area (Å²) in [5.41, 5.74) is 2.84. The molecular formula is C18H20O3. The molecule has 3 rings (SSSR count). The zero-order valence-corrected chi connectivity index (χ0v) is 12.5. The van der Waals surface area contributed by atoms with Gasteiger partial charge in [-0.15, -0.1) is 6.58 Å². The Labute approximate surface area is 124 Å². The predicted octanol–water partition coefficient (Wildman–Crippen LogP) is 3.59. The van der Waals surface area contributed by atoms with Crippen LogP contribution in [0.1, 0.15) is 39.5 Å². The minimum Gasteiger partial charge on any atom is -0.504 e. The van der Waals surface area contributed by atoms with Crippen LogP contribution in [0.25, 0.3) is 0 Å². The summed E-state index contributed by atoms with van der Waals surface area (Å²) in [6, 6.07) is 0. The Kier molecular flexibility index (Phi) is 3.05. The zero-order chi connectivity index (χ0) is 15.4. The monoisotopic (exact) mass is 284 g/mol. The molecule has 0 fully saturated rings. The molecule has 3 heteroatoms. The smallest absolute Gasteiger partial charge is 0.224 e. The average molecular weight is 284 g/mol. The highest BCUT2D eigenvalue weighted by Crippen LogP contribution is 2.49. The molecule has 0 unspecified atom stereocenters. The van der Waals surface area contributed by atoms with Gasteiger partial charge in [-0.1, -0.05) is 19.9 Å². The molecule has 0 radical (unpaired) electrons. The maximum absolute atomic E-state index is 12.6. The van der Waals surface area contributed by atoms with E-state index in [0.29, 0.717) is 17.6 Å². The van der Waals surface area contributed by atoms with Crippen molar-refractivity contribution < 1.29 is 14.7 Å². The quantitative estimate of drug-likeness (QED) is 0.749. The van der Waals surface area contributed by atoms with Gasteiger partial charge in [-0.05, 0) is 48.3 Å². The topological polar surface area (TPSA) is 54.4 Å².